The van der Waals surface area contributed by atoms with Gasteiger partial charge in [0.25, 0.3) is 0 Å². The third kappa shape index (κ3) is 3.04. The number of carboxylic acid groups (broad SMARTS) is 1. The average Bonchev–Trinajstić information content (AvgIpc) is 2.97. The predicted octanol–water partition coefficient (Wildman–Crippen LogP) is 0.656. The molecule has 1 unspecified atom stereocenters. The van der Waals surface area contributed by atoms with E-state index in [1.807, 2.05) is 0 Å². The fraction of sp³-hybridized carbons (Fsp3) is 0.308. The van der Waals surface area contributed by atoms with E-state index in [2.05, 4.69) is 30.2 Å². The molecular weight excluding hydrogens is 272 g/mol. The zero-order valence-electron chi connectivity index (χ0n) is 11.2. The van der Waals surface area contributed by atoms with E-state index in [0.717, 1.165) is 25.3 Å². The number of hydrogen-bond donors (Lipinski definition) is 2. The summed E-state index contributed by atoms with van der Waals surface area (Å²) in [4.78, 5) is 29.1. The number of aromatic nitrogens is 4. The number of nitrogens with zero attached hydrogens (tertiary/aromatic N) is 5. The van der Waals surface area contributed by atoms with Crippen LogP contribution in [0.25, 0.3) is 0 Å². The first-order chi connectivity index (χ1) is 10.2. The number of carbonyl (C=O) groups is 1. The molecule has 2 aromatic rings. The van der Waals surface area contributed by atoms with E-state index in [9.17, 15) is 4.79 Å². The number of anilines is 2. The van der Waals surface area contributed by atoms with E-state index in [4.69, 9.17) is 5.11 Å². The van der Waals surface area contributed by atoms with Gasteiger partial charge in [-0.1, -0.05) is 0 Å². The standard InChI is InChI=1S/C13H14N6O2/c20-13(21)10-5-17-11(6-16-10)18-9-1-4-19(8-9)12-7-14-2-3-15-12/h2-3,5-7,9H,1,4,8H2,(H,17,18)(H,20,21). The van der Waals surface area contributed by atoms with Crippen molar-refractivity contribution in [2.45, 2.75) is 12.5 Å². The van der Waals surface area contributed by atoms with Crippen LogP contribution in [0.2, 0.25) is 0 Å². The Labute approximate surface area is 120 Å². The molecule has 1 atom stereocenters. The molecule has 1 aliphatic heterocycles. The van der Waals surface area contributed by atoms with Gasteiger partial charge < -0.3 is 15.3 Å². The van der Waals surface area contributed by atoms with Crippen LogP contribution in [0.15, 0.2) is 31.0 Å². The largest absolute Gasteiger partial charge is 0.476 e. The molecule has 21 heavy (non-hydrogen) atoms. The van der Waals surface area contributed by atoms with E-state index >= 15 is 0 Å². The van der Waals surface area contributed by atoms with Crippen LogP contribution in [0, 0.1) is 0 Å². The van der Waals surface area contributed by atoms with Crippen molar-refractivity contribution in [1.82, 2.24) is 19.9 Å². The first kappa shape index (κ1) is 13.2. The van der Waals surface area contributed by atoms with Gasteiger partial charge in [0.15, 0.2) is 5.69 Å². The quantitative estimate of drug-likeness (QED) is 0.844. The molecule has 8 nitrogen and oxygen atoms in total. The van der Waals surface area contributed by atoms with Gasteiger partial charge in [-0.05, 0) is 6.42 Å². The van der Waals surface area contributed by atoms with Gasteiger partial charge in [-0.3, -0.25) is 4.98 Å². The van der Waals surface area contributed by atoms with Gasteiger partial charge in [0.05, 0.1) is 18.6 Å². The zero-order chi connectivity index (χ0) is 14.7. The maximum absolute atomic E-state index is 10.7. The van der Waals surface area contributed by atoms with Crippen LogP contribution in [-0.4, -0.2) is 50.1 Å². The Hall–Kier alpha value is -2.77. The minimum absolute atomic E-state index is 0.0619. The highest BCUT2D eigenvalue weighted by atomic mass is 16.4. The SMILES string of the molecule is O=C(O)c1cnc(NC2CCN(c3cnccn3)C2)cn1. The van der Waals surface area contributed by atoms with Crippen LogP contribution < -0.4 is 10.2 Å². The lowest BCUT2D eigenvalue weighted by Gasteiger charge is -2.17. The summed E-state index contributed by atoms with van der Waals surface area (Å²) in [5, 5.41) is 12.0. The van der Waals surface area contributed by atoms with Crippen molar-refractivity contribution in [2.75, 3.05) is 23.3 Å². The molecule has 0 bridgehead atoms. The molecule has 0 amide bonds. The summed E-state index contributed by atoms with van der Waals surface area (Å²) in [6, 6.07) is 0.219. The molecule has 3 rings (SSSR count). The fourth-order valence-electron chi connectivity index (χ4n) is 2.26. The maximum Gasteiger partial charge on any atom is 0.356 e. The Bertz CT molecular complexity index is 618. The van der Waals surface area contributed by atoms with Crippen molar-refractivity contribution >= 4 is 17.6 Å². The first-order valence-corrected chi connectivity index (χ1v) is 6.55. The Kier molecular flexibility index (Phi) is 3.59. The lowest BCUT2D eigenvalue weighted by atomic mass is 10.2. The van der Waals surface area contributed by atoms with Gasteiger partial charge in [0, 0.05) is 31.5 Å². The fourth-order valence-corrected chi connectivity index (χ4v) is 2.26. The van der Waals surface area contributed by atoms with Crippen molar-refractivity contribution in [1.29, 1.82) is 0 Å². The minimum Gasteiger partial charge on any atom is -0.476 e. The molecule has 108 valence electrons. The van der Waals surface area contributed by atoms with Gasteiger partial charge in [-0.15, -0.1) is 0 Å². The Morgan fingerprint density at radius 3 is 2.81 bits per heavy atom. The zero-order valence-corrected chi connectivity index (χ0v) is 11.2. The van der Waals surface area contributed by atoms with Crippen molar-refractivity contribution in [3.05, 3.63) is 36.7 Å². The van der Waals surface area contributed by atoms with Gasteiger partial charge in [-0.25, -0.2) is 19.7 Å². The van der Waals surface area contributed by atoms with Gasteiger partial charge >= 0.3 is 5.97 Å². The molecule has 3 heterocycles. The summed E-state index contributed by atoms with van der Waals surface area (Å²) in [6.07, 6.45) is 8.69. The number of aromatic carboxylic acids is 1. The van der Waals surface area contributed by atoms with Gasteiger partial charge in [0.2, 0.25) is 0 Å². The van der Waals surface area contributed by atoms with Crippen molar-refractivity contribution < 1.29 is 9.90 Å². The molecule has 1 saturated heterocycles. The third-order valence-electron chi connectivity index (χ3n) is 3.28. The summed E-state index contributed by atoms with van der Waals surface area (Å²) in [5.74, 6) is 0.351. The minimum atomic E-state index is -1.08. The summed E-state index contributed by atoms with van der Waals surface area (Å²) < 4.78 is 0. The molecule has 1 aliphatic rings. The maximum atomic E-state index is 10.7. The van der Waals surface area contributed by atoms with Crippen LogP contribution in [-0.2, 0) is 0 Å². The summed E-state index contributed by atoms with van der Waals surface area (Å²) in [7, 11) is 0. The molecular formula is C13H14N6O2. The monoisotopic (exact) mass is 286 g/mol. The number of hydrogen-bond acceptors (Lipinski definition) is 7. The van der Waals surface area contributed by atoms with Crippen molar-refractivity contribution in [3.8, 4) is 0 Å². The second-order valence-electron chi connectivity index (χ2n) is 4.73. The third-order valence-corrected chi connectivity index (χ3v) is 3.28. The Balaban J connectivity index is 1.61. The van der Waals surface area contributed by atoms with Crippen LogP contribution >= 0.6 is 0 Å². The van der Waals surface area contributed by atoms with Gasteiger partial charge in [0.1, 0.15) is 11.6 Å². The molecule has 8 heteroatoms. The van der Waals surface area contributed by atoms with Crippen molar-refractivity contribution in [3.63, 3.8) is 0 Å². The molecule has 1 fully saturated rings. The number of rotatable bonds is 4. The summed E-state index contributed by atoms with van der Waals surface area (Å²) >= 11 is 0. The highest BCUT2D eigenvalue weighted by molar-refractivity contribution is 5.84. The van der Waals surface area contributed by atoms with Gasteiger partial charge in [-0.2, -0.15) is 0 Å². The highest BCUT2D eigenvalue weighted by Crippen LogP contribution is 2.18. The van der Waals surface area contributed by atoms with Crippen LogP contribution in [0.5, 0.6) is 0 Å². The topological polar surface area (TPSA) is 104 Å². The molecule has 0 spiro atoms. The highest BCUT2D eigenvalue weighted by Gasteiger charge is 2.23. The Morgan fingerprint density at radius 2 is 2.14 bits per heavy atom. The van der Waals surface area contributed by atoms with E-state index in [1.165, 1.54) is 12.4 Å². The van der Waals surface area contributed by atoms with Crippen molar-refractivity contribution in [2.24, 2.45) is 0 Å². The van der Waals surface area contributed by atoms with Crippen LogP contribution in [0.4, 0.5) is 11.6 Å². The van der Waals surface area contributed by atoms with E-state index < -0.39 is 5.97 Å². The number of carboxylic acids is 1. The summed E-state index contributed by atoms with van der Waals surface area (Å²) in [6.45, 7) is 1.68. The lowest BCUT2D eigenvalue weighted by molar-refractivity contribution is 0.0690. The molecule has 0 saturated carbocycles. The second kappa shape index (κ2) is 5.70. The molecule has 2 aromatic heterocycles. The number of nitrogens with one attached hydrogen (secondary N) is 1. The molecule has 0 aliphatic carbocycles. The normalized spacial score (nSPS) is 17.7. The Morgan fingerprint density at radius 1 is 1.24 bits per heavy atom. The predicted molar refractivity (Wildman–Crippen MR) is 75.3 cm³/mol. The second-order valence-corrected chi connectivity index (χ2v) is 4.73. The van der Waals surface area contributed by atoms with E-state index in [0.29, 0.717) is 5.82 Å². The lowest BCUT2D eigenvalue weighted by Crippen LogP contribution is -2.27. The molecule has 2 N–H and O–H groups in total. The van der Waals surface area contributed by atoms with E-state index in [1.54, 1.807) is 18.6 Å². The smallest absolute Gasteiger partial charge is 0.356 e. The van der Waals surface area contributed by atoms with Crippen LogP contribution in [0.3, 0.4) is 0 Å². The first-order valence-electron chi connectivity index (χ1n) is 6.55. The average molecular weight is 286 g/mol. The van der Waals surface area contributed by atoms with Crippen LogP contribution in [0.1, 0.15) is 16.9 Å². The summed E-state index contributed by atoms with van der Waals surface area (Å²) in [5.41, 5.74) is -0.0619. The van der Waals surface area contributed by atoms with E-state index in [-0.39, 0.29) is 11.7 Å². The molecule has 0 radical (unpaired) electrons. The molecule has 0 aromatic carbocycles.